The first-order valence-electron chi connectivity index (χ1n) is 5.94. The summed E-state index contributed by atoms with van der Waals surface area (Å²) in [6, 6.07) is 1.53. The number of nitrogens with two attached hydrogens (primary N) is 1. The molecule has 2 N–H and O–H groups in total. The first kappa shape index (κ1) is 14.2. The molecule has 0 aliphatic carbocycles. The van der Waals surface area contributed by atoms with E-state index in [-0.39, 0.29) is 12.1 Å². The lowest BCUT2D eigenvalue weighted by Crippen LogP contribution is -2.19. The molecular weight excluding hydrogens is 285 g/mol. The molecule has 19 heavy (non-hydrogen) atoms. The van der Waals surface area contributed by atoms with Gasteiger partial charge in [0.1, 0.15) is 12.2 Å². The van der Waals surface area contributed by atoms with Gasteiger partial charge in [-0.05, 0) is 19.9 Å². The standard InChI is InChI=1S/C12H15Cl2N5/c1-7(2)19-11(17-6-18-19)4-10(15)12-9(14)3-8(13)5-16-12/h3,5-7,10H,4,15H2,1-2H3. The highest BCUT2D eigenvalue weighted by Gasteiger charge is 2.17. The molecule has 0 bridgehead atoms. The van der Waals surface area contributed by atoms with Crippen LogP contribution in [0.25, 0.3) is 0 Å². The third-order valence-corrected chi connectivity index (χ3v) is 3.24. The van der Waals surface area contributed by atoms with Gasteiger partial charge in [0.25, 0.3) is 0 Å². The van der Waals surface area contributed by atoms with Crippen molar-refractivity contribution in [2.45, 2.75) is 32.4 Å². The molecular formula is C12H15Cl2N5. The van der Waals surface area contributed by atoms with Gasteiger partial charge in [0.15, 0.2) is 0 Å². The Hall–Kier alpha value is -1.17. The summed E-state index contributed by atoms with van der Waals surface area (Å²) in [6.07, 6.45) is 3.58. The van der Waals surface area contributed by atoms with Gasteiger partial charge in [-0.15, -0.1) is 0 Å². The topological polar surface area (TPSA) is 69.6 Å². The van der Waals surface area contributed by atoms with Crippen LogP contribution < -0.4 is 5.73 Å². The summed E-state index contributed by atoms with van der Waals surface area (Å²) >= 11 is 11.9. The van der Waals surface area contributed by atoms with Crippen LogP contribution >= 0.6 is 23.2 Å². The Bertz CT molecular complexity index is 567. The smallest absolute Gasteiger partial charge is 0.138 e. The van der Waals surface area contributed by atoms with Crippen molar-refractivity contribution in [3.8, 4) is 0 Å². The van der Waals surface area contributed by atoms with Gasteiger partial charge in [-0.25, -0.2) is 9.67 Å². The Morgan fingerprint density at radius 1 is 1.32 bits per heavy atom. The molecule has 2 aromatic heterocycles. The third kappa shape index (κ3) is 3.23. The second-order valence-electron chi connectivity index (χ2n) is 4.55. The lowest BCUT2D eigenvalue weighted by atomic mass is 10.1. The molecule has 2 heterocycles. The molecule has 5 nitrogen and oxygen atoms in total. The Labute approximate surface area is 121 Å². The number of aromatic nitrogens is 4. The van der Waals surface area contributed by atoms with Crippen LogP contribution in [0.3, 0.4) is 0 Å². The maximum Gasteiger partial charge on any atom is 0.138 e. The van der Waals surface area contributed by atoms with Crippen molar-refractivity contribution in [2.75, 3.05) is 0 Å². The van der Waals surface area contributed by atoms with E-state index in [9.17, 15) is 0 Å². The molecule has 7 heteroatoms. The van der Waals surface area contributed by atoms with Crippen LogP contribution in [-0.4, -0.2) is 19.7 Å². The Morgan fingerprint density at radius 2 is 2.05 bits per heavy atom. The first-order chi connectivity index (χ1) is 8.99. The van der Waals surface area contributed by atoms with Crippen LogP contribution in [0.2, 0.25) is 10.0 Å². The minimum atomic E-state index is -0.341. The number of hydrogen-bond acceptors (Lipinski definition) is 4. The maximum absolute atomic E-state index is 6.14. The molecule has 0 aromatic carbocycles. The van der Waals surface area contributed by atoms with Crippen molar-refractivity contribution in [3.63, 3.8) is 0 Å². The second-order valence-corrected chi connectivity index (χ2v) is 5.39. The van der Waals surface area contributed by atoms with Crippen molar-refractivity contribution < 1.29 is 0 Å². The molecule has 1 atom stereocenters. The van der Waals surface area contributed by atoms with Crippen LogP contribution in [0.1, 0.15) is 37.4 Å². The van der Waals surface area contributed by atoms with Gasteiger partial charge in [-0.3, -0.25) is 4.98 Å². The van der Waals surface area contributed by atoms with E-state index in [0.29, 0.717) is 22.2 Å². The zero-order valence-electron chi connectivity index (χ0n) is 10.7. The van der Waals surface area contributed by atoms with E-state index < -0.39 is 0 Å². The van der Waals surface area contributed by atoms with Crippen LogP contribution in [0.5, 0.6) is 0 Å². The molecule has 0 amide bonds. The number of pyridine rings is 1. The van der Waals surface area contributed by atoms with Crippen molar-refractivity contribution >= 4 is 23.2 Å². The number of nitrogens with zero attached hydrogens (tertiary/aromatic N) is 4. The van der Waals surface area contributed by atoms with E-state index in [2.05, 4.69) is 15.1 Å². The summed E-state index contributed by atoms with van der Waals surface area (Å²) in [5.74, 6) is 0.815. The van der Waals surface area contributed by atoms with E-state index in [1.165, 1.54) is 12.5 Å². The van der Waals surface area contributed by atoms with Crippen molar-refractivity contribution in [2.24, 2.45) is 5.73 Å². The highest BCUT2D eigenvalue weighted by Crippen LogP contribution is 2.24. The molecule has 0 saturated carbocycles. The highest BCUT2D eigenvalue weighted by molar-refractivity contribution is 6.34. The summed E-state index contributed by atoms with van der Waals surface area (Å²) in [7, 11) is 0. The van der Waals surface area contributed by atoms with Gasteiger partial charge in [0.2, 0.25) is 0 Å². The third-order valence-electron chi connectivity index (χ3n) is 2.73. The van der Waals surface area contributed by atoms with Crippen molar-refractivity contribution in [1.29, 1.82) is 0 Å². The Kier molecular flexibility index (Phi) is 4.39. The summed E-state index contributed by atoms with van der Waals surface area (Å²) in [5.41, 5.74) is 6.75. The Morgan fingerprint density at radius 3 is 2.68 bits per heavy atom. The minimum Gasteiger partial charge on any atom is -0.322 e. The fourth-order valence-electron chi connectivity index (χ4n) is 1.84. The fourth-order valence-corrected chi connectivity index (χ4v) is 2.36. The normalized spacial score (nSPS) is 12.9. The summed E-state index contributed by atoms with van der Waals surface area (Å²) in [6.45, 7) is 4.08. The monoisotopic (exact) mass is 299 g/mol. The summed E-state index contributed by atoms with van der Waals surface area (Å²) < 4.78 is 1.84. The first-order valence-corrected chi connectivity index (χ1v) is 6.69. The molecule has 2 aromatic rings. The van der Waals surface area contributed by atoms with Crippen LogP contribution in [0.4, 0.5) is 0 Å². The molecule has 2 rings (SSSR count). The molecule has 0 aliphatic rings. The van der Waals surface area contributed by atoms with Gasteiger partial charge >= 0.3 is 0 Å². The van der Waals surface area contributed by atoms with Crippen molar-refractivity contribution in [3.05, 3.63) is 40.2 Å². The lowest BCUT2D eigenvalue weighted by Gasteiger charge is -2.14. The van der Waals surface area contributed by atoms with E-state index in [1.807, 2.05) is 18.5 Å². The van der Waals surface area contributed by atoms with Gasteiger partial charge in [-0.2, -0.15) is 5.10 Å². The quantitative estimate of drug-likeness (QED) is 0.942. The molecule has 0 fully saturated rings. The van der Waals surface area contributed by atoms with Gasteiger partial charge in [-0.1, -0.05) is 23.2 Å². The van der Waals surface area contributed by atoms with Crippen LogP contribution in [-0.2, 0) is 6.42 Å². The molecule has 0 spiro atoms. The minimum absolute atomic E-state index is 0.235. The molecule has 0 aliphatic heterocycles. The zero-order chi connectivity index (χ0) is 14.0. The average Bonchev–Trinajstić information content (AvgIpc) is 2.76. The summed E-state index contributed by atoms with van der Waals surface area (Å²) in [4.78, 5) is 8.41. The predicted molar refractivity (Wildman–Crippen MR) is 75.3 cm³/mol. The second kappa shape index (κ2) is 5.86. The molecule has 0 radical (unpaired) electrons. The van der Waals surface area contributed by atoms with Gasteiger partial charge < -0.3 is 5.73 Å². The van der Waals surface area contributed by atoms with E-state index in [1.54, 1.807) is 6.07 Å². The van der Waals surface area contributed by atoms with E-state index >= 15 is 0 Å². The fraction of sp³-hybridized carbons (Fsp3) is 0.417. The molecule has 1 unspecified atom stereocenters. The SMILES string of the molecule is CC(C)n1ncnc1CC(N)c1ncc(Cl)cc1Cl. The maximum atomic E-state index is 6.14. The van der Waals surface area contributed by atoms with Gasteiger partial charge in [0.05, 0.1) is 21.8 Å². The van der Waals surface area contributed by atoms with Crippen LogP contribution in [0.15, 0.2) is 18.6 Å². The largest absolute Gasteiger partial charge is 0.322 e. The summed E-state index contributed by atoms with van der Waals surface area (Å²) in [5, 5.41) is 5.13. The van der Waals surface area contributed by atoms with Crippen LogP contribution in [0, 0.1) is 0 Å². The zero-order valence-corrected chi connectivity index (χ0v) is 12.2. The molecule has 102 valence electrons. The predicted octanol–water partition coefficient (Wildman–Crippen LogP) is 2.80. The number of halogens is 2. The highest BCUT2D eigenvalue weighted by atomic mass is 35.5. The lowest BCUT2D eigenvalue weighted by molar-refractivity contribution is 0.491. The number of rotatable bonds is 4. The molecule has 0 saturated heterocycles. The van der Waals surface area contributed by atoms with E-state index in [0.717, 1.165) is 5.82 Å². The average molecular weight is 300 g/mol. The Balaban J connectivity index is 2.21. The number of hydrogen-bond donors (Lipinski definition) is 1. The van der Waals surface area contributed by atoms with Crippen molar-refractivity contribution in [1.82, 2.24) is 19.7 Å². The van der Waals surface area contributed by atoms with E-state index in [4.69, 9.17) is 28.9 Å². The van der Waals surface area contributed by atoms with Gasteiger partial charge in [0, 0.05) is 18.7 Å².